The van der Waals surface area contributed by atoms with Gasteiger partial charge in [0.1, 0.15) is 28.5 Å². The number of nitrogens with one attached hydrogen (secondary N) is 2. The molecule has 2 aromatic carbocycles. The number of fused-ring (bicyclic) bond motifs is 1. The van der Waals surface area contributed by atoms with Crippen LogP contribution in [-0.4, -0.2) is 49.1 Å². The summed E-state index contributed by atoms with van der Waals surface area (Å²) in [5, 5.41) is 5.09. The van der Waals surface area contributed by atoms with Crippen LogP contribution in [0.15, 0.2) is 50.6 Å². The number of carbonyl (C=O) groups excluding carboxylic acids is 1. The summed E-state index contributed by atoms with van der Waals surface area (Å²) in [4.78, 5) is 11.7. The quantitative estimate of drug-likeness (QED) is 0.685. The molecule has 0 bridgehead atoms. The van der Waals surface area contributed by atoms with Crippen LogP contribution in [0.3, 0.4) is 0 Å². The largest absolute Gasteiger partial charge is 0.497 e. The van der Waals surface area contributed by atoms with Gasteiger partial charge in [-0.3, -0.25) is 4.79 Å². The Morgan fingerprint density at radius 1 is 1.10 bits per heavy atom. The second-order valence-corrected chi connectivity index (χ2v) is 9.51. The zero-order valence-electron chi connectivity index (χ0n) is 15.4. The van der Waals surface area contributed by atoms with Crippen LogP contribution in [-0.2, 0) is 24.7 Å². The van der Waals surface area contributed by atoms with E-state index in [0.717, 1.165) is 12.4 Å². The van der Waals surface area contributed by atoms with Gasteiger partial charge >= 0.3 is 0 Å². The standard InChI is InChI=1S/C17H17N3O7S2/c1-26-12-5-11(6-13(7-12)27-2)20-17(21)9-28(22,23)14-3-4-15-16(8-14)29(24,25)19-10-18-15/h3-8,10H,9H2,1-2H3,(H,18,19)(H,20,21). The number of methoxy groups -OCH3 is 2. The van der Waals surface area contributed by atoms with Crippen LogP contribution in [0.25, 0.3) is 0 Å². The van der Waals surface area contributed by atoms with E-state index in [0.29, 0.717) is 11.5 Å². The second kappa shape index (κ2) is 7.72. The number of ether oxygens (including phenoxy) is 2. The molecule has 0 unspecified atom stereocenters. The van der Waals surface area contributed by atoms with Gasteiger partial charge in [-0.2, -0.15) is 8.42 Å². The molecule has 1 aliphatic heterocycles. The topological polar surface area (TPSA) is 140 Å². The molecule has 0 aliphatic carbocycles. The molecule has 0 spiro atoms. The molecule has 3 rings (SSSR count). The van der Waals surface area contributed by atoms with E-state index in [1.165, 1.54) is 38.5 Å². The molecule has 29 heavy (non-hydrogen) atoms. The van der Waals surface area contributed by atoms with Gasteiger partial charge < -0.3 is 20.1 Å². The van der Waals surface area contributed by atoms with Crippen LogP contribution < -0.4 is 20.1 Å². The lowest BCUT2D eigenvalue weighted by Crippen LogP contribution is -2.23. The fraction of sp³-hybridized carbons (Fsp3) is 0.176. The molecule has 12 heteroatoms. The fourth-order valence-electron chi connectivity index (χ4n) is 2.58. The molecular formula is C17H17N3O7S2. The molecular weight excluding hydrogens is 422 g/mol. The predicted molar refractivity (Wildman–Crippen MR) is 106 cm³/mol. The molecule has 0 atom stereocenters. The molecule has 1 amide bonds. The summed E-state index contributed by atoms with van der Waals surface area (Å²) >= 11 is 0. The summed E-state index contributed by atoms with van der Waals surface area (Å²) < 4.78 is 62.7. The van der Waals surface area contributed by atoms with Gasteiger partial charge in [-0.15, -0.1) is 4.40 Å². The molecule has 2 aromatic rings. The third-order valence-electron chi connectivity index (χ3n) is 3.96. The number of amides is 1. The number of hydrogen-bond donors (Lipinski definition) is 2. The highest BCUT2D eigenvalue weighted by atomic mass is 32.2. The van der Waals surface area contributed by atoms with Crippen molar-refractivity contribution >= 4 is 43.5 Å². The Balaban J connectivity index is 1.83. The van der Waals surface area contributed by atoms with Gasteiger partial charge in [0.25, 0.3) is 10.0 Å². The Labute approximate surface area is 167 Å². The lowest BCUT2D eigenvalue weighted by Gasteiger charge is -2.14. The number of rotatable bonds is 6. The number of sulfone groups is 1. The maximum Gasteiger partial charge on any atom is 0.285 e. The molecule has 1 aliphatic rings. The van der Waals surface area contributed by atoms with E-state index in [2.05, 4.69) is 15.0 Å². The normalized spacial score (nSPS) is 14.4. The third-order valence-corrected chi connectivity index (χ3v) is 6.85. The number of carbonyl (C=O) groups is 1. The van der Waals surface area contributed by atoms with Crippen molar-refractivity contribution in [2.75, 3.05) is 30.6 Å². The van der Waals surface area contributed by atoms with Crippen LogP contribution in [0.4, 0.5) is 11.4 Å². The molecule has 0 saturated heterocycles. The molecule has 0 aromatic heterocycles. The summed E-state index contributed by atoms with van der Waals surface area (Å²) in [6.07, 6.45) is 1.00. The smallest absolute Gasteiger partial charge is 0.285 e. The van der Waals surface area contributed by atoms with Crippen LogP contribution in [0.5, 0.6) is 11.5 Å². The highest BCUT2D eigenvalue weighted by Crippen LogP contribution is 2.29. The average molecular weight is 439 g/mol. The van der Waals surface area contributed by atoms with Gasteiger partial charge in [0.15, 0.2) is 9.84 Å². The van der Waals surface area contributed by atoms with Crippen LogP contribution >= 0.6 is 0 Å². The first-order valence-electron chi connectivity index (χ1n) is 8.10. The highest BCUT2D eigenvalue weighted by Gasteiger charge is 2.26. The van der Waals surface area contributed by atoms with Crippen molar-refractivity contribution < 1.29 is 31.1 Å². The second-order valence-electron chi connectivity index (χ2n) is 5.92. The predicted octanol–water partition coefficient (Wildman–Crippen LogP) is 1.26. The lowest BCUT2D eigenvalue weighted by molar-refractivity contribution is -0.113. The van der Waals surface area contributed by atoms with E-state index in [1.54, 1.807) is 6.07 Å². The fourth-order valence-corrected chi connectivity index (χ4v) is 4.80. The van der Waals surface area contributed by atoms with Gasteiger partial charge in [-0.1, -0.05) is 0 Å². The number of hydrogen-bond acceptors (Lipinski definition) is 8. The summed E-state index contributed by atoms with van der Waals surface area (Å²) in [6.45, 7) is 0. The Morgan fingerprint density at radius 3 is 2.38 bits per heavy atom. The molecule has 1 heterocycles. The third kappa shape index (κ3) is 4.49. The van der Waals surface area contributed by atoms with E-state index in [-0.39, 0.29) is 21.2 Å². The number of benzene rings is 2. The zero-order chi connectivity index (χ0) is 21.2. The molecule has 0 saturated carbocycles. The zero-order valence-corrected chi connectivity index (χ0v) is 17.0. The minimum atomic E-state index is -4.11. The number of sulfonamides is 1. The first kappa shape index (κ1) is 20.6. The van der Waals surface area contributed by atoms with Crippen molar-refractivity contribution in [1.82, 2.24) is 0 Å². The Morgan fingerprint density at radius 2 is 1.76 bits per heavy atom. The lowest BCUT2D eigenvalue weighted by atomic mass is 10.2. The number of anilines is 2. The monoisotopic (exact) mass is 439 g/mol. The molecule has 0 radical (unpaired) electrons. The van der Waals surface area contributed by atoms with Gasteiger partial charge in [-0.25, -0.2) is 8.42 Å². The first-order chi connectivity index (χ1) is 13.6. The minimum Gasteiger partial charge on any atom is -0.497 e. The van der Waals surface area contributed by atoms with Crippen molar-refractivity contribution in [2.45, 2.75) is 9.79 Å². The Bertz CT molecular complexity index is 1180. The summed E-state index contributed by atoms with van der Waals surface area (Å²) in [5.74, 6) is -0.870. The maximum absolute atomic E-state index is 12.6. The van der Waals surface area contributed by atoms with Crippen molar-refractivity contribution in [3.63, 3.8) is 0 Å². The SMILES string of the molecule is COc1cc(NC(=O)CS(=O)(=O)c2ccc3c(c2)S(=O)(=O)N=CN3)cc(OC)c1. The Kier molecular flexibility index (Phi) is 5.48. The van der Waals surface area contributed by atoms with E-state index < -0.39 is 31.5 Å². The molecule has 154 valence electrons. The first-order valence-corrected chi connectivity index (χ1v) is 11.2. The van der Waals surface area contributed by atoms with E-state index in [9.17, 15) is 21.6 Å². The van der Waals surface area contributed by atoms with Crippen molar-refractivity contribution in [3.05, 3.63) is 36.4 Å². The van der Waals surface area contributed by atoms with Crippen LogP contribution in [0, 0.1) is 0 Å². The van der Waals surface area contributed by atoms with Crippen molar-refractivity contribution in [2.24, 2.45) is 4.40 Å². The highest BCUT2D eigenvalue weighted by molar-refractivity contribution is 7.92. The van der Waals surface area contributed by atoms with Crippen molar-refractivity contribution in [3.8, 4) is 11.5 Å². The Hall–Kier alpha value is -3.12. The van der Waals surface area contributed by atoms with Gasteiger partial charge in [0.2, 0.25) is 5.91 Å². The maximum atomic E-state index is 12.6. The van der Waals surface area contributed by atoms with Crippen LogP contribution in [0.2, 0.25) is 0 Å². The van der Waals surface area contributed by atoms with Crippen molar-refractivity contribution in [1.29, 1.82) is 0 Å². The van der Waals surface area contributed by atoms with E-state index >= 15 is 0 Å². The summed E-state index contributed by atoms with van der Waals surface area (Å²) in [6, 6.07) is 8.10. The van der Waals surface area contributed by atoms with E-state index in [4.69, 9.17) is 9.47 Å². The molecule has 0 fully saturated rings. The summed E-state index contributed by atoms with van der Waals surface area (Å²) in [7, 11) is -5.24. The van der Waals surface area contributed by atoms with Crippen LogP contribution in [0.1, 0.15) is 0 Å². The molecule has 2 N–H and O–H groups in total. The van der Waals surface area contributed by atoms with E-state index in [1.807, 2.05) is 0 Å². The van der Waals surface area contributed by atoms with Gasteiger partial charge in [0, 0.05) is 23.9 Å². The average Bonchev–Trinajstić information content (AvgIpc) is 2.66. The summed E-state index contributed by atoms with van der Waals surface area (Å²) in [5.41, 5.74) is 0.486. The number of nitrogens with zero attached hydrogens (tertiary/aromatic N) is 1. The minimum absolute atomic E-state index is 0.201. The van der Waals surface area contributed by atoms with Gasteiger partial charge in [0.05, 0.1) is 24.8 Å². The molecule has 10 nitrogen and oxygen atoms in total. The van der Waals surface area contributed by atoms with Gasteiger partial charge in [-0.05, 0) is 18.2 Å².